The summed E-state index contributed by atoms with van der Waals surface area (Å²) in [5, 5.41) is 2.93. The summed E-state index contributed by atoms with van der Waals surface area (Å²) >= 11 is 0. The number of halogens is 4. The highest BCUT2D eigenvalue weighted by Gasteiger charge is 2.23. The van der Waals surface area contributed by atoms with Crippen molar-refractivity contribution in [2.24, 2.45) is 0 Å². The molecular formula is C8H2F4N2O2. The van der Waals surface area contributed by atoms with Crippen LogP contribution < -0.4 is 5.76 Å². The molecule has 2 rings (SSSR count). The third-order valence-electron chi connectivity index (χ3n) is 1.79. The summed E-state index contributed by atoms with van der Waals surface area (Å²) in [6.45, 7) is 0. The SMILES string of the molecule is O=c1[nH]c(-c2c(F)c(F)cc(F)c2F)no1. The van der Waals surface area contributed by atoms with Crippen molar-refractivity contribution in [3.8, 4) is 11.4 Å². The minimum absolute atomic E-state index is 0.0480. The van der Waals surface area contributed by atoms with Crippen LogP contribution in [0.4, 0.5) is 17.6 Å². The number of hydrogen-bond donors (Lipinski definition) is 1. The van der Waals surface area contributed by atoms with E-state index in [4.69, 9.17) is 0 Å². The molecule has 1 aromatic heterocycles. The summed E-state index contributed by atoms with van der Waals surface area (Å²) in [6, 6.07) is 0.0480. The highest BCUT2D eigenvalue weighted by molar-refractivity contribution is 5.56. The second-order valence-corrected chi connectivity index (χ2v) is 2.79. The van der Waals surface area contributed by atoms with E-state index in [2.05, 4.69) is 9.68 Å². The van der Waals surface area contributed by atoms with Crippen LogP contribution >= 0.6 is 0 Å². The van der Waals surface area contributed by atoms with Gasteiger partial charge in [0.25, 0.3) is 0 Å². The Hall–Kier alpha value is -2.12. The van der Waals surface area contributed by atoms with Gasteiger partial charge in [0.05, 0.1) is 5.56 Å². The van der Waals surface area contributed by atoms with E-state index in [9.17, 15) is 22.4 Å². The second-order valence-electron chi connectivity index (χ2n) is 2.79. The van der Waals surface area contributed by atoms with Crippen LogP contribution in [0.2, 0.25) is 0 Å². The van der Waals surface area contributed by atoms with E-state index in [0.717, 1.165) is 0 Å². The number of hydrogen-bond acceptors (Lipinski definition) is 3. The fourth-order valence-electron chi connectivity index (χ4n) is 1.12. The maximum atomic E-state index is 13.2. The lowest BCUT2D eigenvalue weighted by molar-refractivity contribution is 0.386. The van der Waals surface area contributed by atoms with Gasteiger partial charge in [-0.1, -0.05) is 5.16 Å². The van der Waals surface area contributed by atoms with E-state index in [0.29, 0.717) is 0 Å². The second kappa shape index (κ2) is 3.47. The Bertz CT molecular complexity index is 578. The molecule has 0 bridgehead atoms. The number of nitrogens with zero attached hydrogens (tertiary/aromatic N) is 1. The van der Waals surface area contributed by atoms with E-state index in [-0.39, 0.29) is 6.07 Å². The monoisotopic (exact) mass is 234 g/mol. The van der Waals surface area contributed by atoms with Crippen molar-refractivity contribution >= 4 is 0 Å². The largest absolute Gasteiger partial charge is 0.439 e. The predicted molar refractivity (Wildman–Crippen MR) is 42.4 cm³/mol. The summed E-state index contributed by atoms with van der Waals surface area (Å²) < 4.78 is 55.8. The Morgan fingerprint density at radius 2 is 1.69 bits per heavy atom. The predicted octanol–water partition coefficient (Wildman–Crippen LogP) is 1.59. The Kier molecular flexibility index (Phi) is 2.26. The number of aromatic amines is 1. The van der Waals surface area contributed by atoms with Gasteiger partial charge in [-0.3, -0.25) is 9.51 Å². The molecule has 0 radical (unpaired) electrons. The van der Waals surface area contributed by atoms with Crippen molar-refractivity contribution in [1.82, 2.24) is 10.1 Å². The number of H-pyrrole nitrogens is 1. The smallest absolute Gasteiger partial charge is 0.296 e. The van der Waals surface area contributed by atoms with Crippen LogP contribution in [0.5, 0.6) is 0 Å². The molecule has 4 nitrogen and oxygen atoms in total. The van der Waals surface area contributed by atoms with Gasteiger partial charge in [-0.05, 0) is 0 Å². The molecular weight excluding hydrogens is 232 g/mol. The van der Waals surface area contributed by atoms with Gasteiger partial charge in [0, 0.05) is 6.07 Å². The zero-order valence-corrected chi connectivity index (χ0v) is 7.35. The van der Waals surface area contributed by atoms with E-state index in [1.54, 1.807) is 4.98 Å². The molecule has 1 N–H and O–H groups in total. The van der Waals surface area contributed by atoms with E-state index in [1.165, 1.54) is 0 Å². The normalized spacial score (nSPS) is 10.8. The number of rotatable bonds is 1. The molecule has 0 spiro atoms. The van der Waals surface area contributed by atoms with Crippen LogP contribution in [0.1, 0.15) is 0 Å². The first-order chi connectivity index (χ1) is 7.50. The average Bonchev–Trinajstić information content (AvgIpc) is 2.62. The molecule has 2 aromatic rings. The standard InChI is InChI=1S/C8H2F4N2O2/c9-2-1-3(10)6(12)4(5(2)11)7-13-8(15)16-14-7/h1H,(H,13,14,15). The van der Waals surface area contributed by atoms with Crippen LogP contribution in [0.3, 0.4) is 0 Å². The van der Waals surface area contributed by atoms with E-state index >= 15 is 0 Å². The molecule has 0 aliphatic heterocycles. The van der Waals surface area contributed by atoms with Crippen LogP contribution in [-0.4, -0.2) is 10.1 Å². The molecule has 0 unspecified atom stereocenters. The molecule has 0 aliphatic rings. The number of nitrogens with one attached hydrogen (secondary N) is 1. The first kappa shape index (κ1) is 10.4. The van der Waals surface area contributed by atoms with Crippen molar-refractivity contribution in [1.29, 1.82) is 0 Å². The minimum Gasteiger partial charge on any atom is -0.296 e. The molecule has 84 valence electrons. The van der Waals surface area contributed by atoms with Gasteiger partial charge in [0.1, 0.15) is 0 Å². The fraction of sp³-hybridized carbons (Fsp3) is 0. The lowest BCUT2D eigenvalue weighted by Crippen LogP contribution is -2.01. The Morgan fingerprint density at radius 1 is 1.12 bits per heavy atom. The molecule has 0 amide bonds. The van der Waals surface area contributed by atoms with Gasteiger partial charge in [-0.25, -0.2) is 22.4 Å². The Morgan fingerprint density at radius 3 is 2.12 bits per heavy atom. The van der Waals surface area contributed by atoms with Gasteiger partial charge in [0.2, 0.25) is 0 Å². The van der Waals surface area contributed by atoms with E-state index in [1.807, 2.05) is 0 Å². The van der Waals surface area contributed by atoms with Crippen molar-refractivity contribution < 1.29 is 22.1 Å². The summed E-state index contributed by atoms with van der Waals surface area (Å²) in [6.07, 6.45) is 0. The third kappa shape index (κ3) is 1.47. The Labute approximate surface area is 84.5 Å². The molecule has 0 saturated heterocycles. The summed E-state index contributed by atoms with van der Waals surface area (Å²) in [5.41, 5.74) is -1.12. The zero-order valence-electron chi connectivity index (χ0n) is 7.35. The fourth-order valence-corrected chi connectivity index (χ4v) is 1.12. The average molecular weight is 234 g/mol. The highest BCUT2D eigenvalue weighted by Crippen LogP contribution is 2.26. The summed E-state index contributed by atoms with van der Waals surface area (Å²) in [7, 11) is 0. The molecule has 0 aliphatic carbocycles. The first-order valence-electron chi connectivity index (χ1n) is 3.90. The quantitative estimate of drug-likeness (QED) is 0.602. The summed E-state index contributed by atoms with van der Waals surface area (Å²) in [4.78, 5) is 12.3. The molecule has 0 fully saturated rings. The van der Waals surface area contributed by atoms with Crippen LogP contribution in [0, 0.1) is 23.3 Å². The van der Waals surface area contributed by atoms with Crippen molar-refractivity contribution in [3.63, 3.8) is 0 Å². The van der Waals surface area contributed by atoms with Crippen LogP contribution in [-0.2, 0) is 0 Å². The van der Waals surface area contributed by atoms with Crippen molar-refractivity contribution in [2.75, 3.05) is 0 Å². The highest BCUT2D eigenvalue weighted by atomic mass is 19.2. The third-order valence-corrected chi connectivity index (χ3v) is 1.79. The van der Waals surface area contributed by atoms with Gasteiger partial charge in [0.15, 0.2) is 29.1 Å². The first-order valence-corrected chi connectivity index (χ1v) is 3.90. The van der Waals surface area contributed by atoms with Gasteiger partial charge < -0.3 is 0 Å². The number of aromatic nitrogens is 2. The van der Waals surface area contributed by atoms with Crippen LogP contribution in [0.25, 0.3) is 11.4 Å². The Balaban J connectivity index is 2.78. The zero-order chi connectivity index (χ0) is 11.9. The number of benzene rings is 1. The summed E-state index contributed by atoms with van der Waals surface area (Å²) in [5.74, 6) is -8.35. The lowest BCUT2D eigenvalue weighted by atomic mass is 10.1. The van der Waals surface area contributed by atoms with Crippen molar-refractivity contribution in [3.05, 3.63) is 39.9 Å². The lowest BCUT2D eigenvalue weighted by Gasteiger charge is -2.02. The molecule has 1 aromatic carbocycles. The van der Waals surface area contributed by atoms with Gasteiger partial charge in [-0.2, -0.15) is 0 Å². The molecule has 16 heavy (non-hydrogen) atoms. The molecule has 0 saturated carbocycles. The van der Waals surface area contributed by atoms with Crippen molar-refractivity contribution in [2.45, 2.75) is 0 Å². The molecule has 1 heterocycles. The molecule has 8 heteroatoms. The van der Waals surface area contributed by atoms with Gasteiger partial charge in [-0.15, -0.1) is 0 Å². The minimum atomic E-state index is -1.66. The van der Waals surface area contributed by atoms with Gasteiger partial charge >= 0.3 is 5.76 Å². The maximum absolute atomic E-state index is 13.2. The van der Waals surface area contributed by atoms with Crippen LogP contribution in [0.15, 0.2) is 15.4 Å². The van der Waals surface area contributed by atoms with E-state index < -0.39 is 40.4 Å². The molecule has 0 atom stereocenters. The maximum Gasteiger partial charge on any atom is 0.439 e. The topological polar surface area (TPSA) is 58.9 Å².